The lowest BCUT2D eigenvalue weighted by Crippen LogP contribution is -2.35. The molecule has 0 aliphatic heterocycles. The Kier molecular flexibility index (Phi) is 4.91. The predicted molar refractivity (Wildman–Crippen MR) is 69.5 cm³/mol. The Morgan fingerprint density at radius 3 is 2.65 bits per heavy atom. The summed E-state index contributed by atoms with van der Waals surface area (Å²) in [5.41, 5.74) is 1.61. The molecule has 0 N–H and O–H groups in total. The maximum atomic E-state index is 12.0. The topological polar surface area (TPSA) is 50.3 Å². The van der Waals surface area contributed by atoms with E-state index in [0.29, 0.717) is 0 Å². The van der Waals surface area contributed by atoms with Crippen LogP contribution in [0.4, 0.5) is 0 Å². The van der Waals surface area contributed by atoms with Gasteiger partial charge < -0.3 is 0 Å². The lowest BCUT2D eigenvalue weighted by molar-refractivity contribution is 0.455. The molecule has 0 saturated carbocycles. The van der Waals surface area contributed by atoms with Gasteiger partial charge in [-0.1, -0.05) is 6.07 Å². The van der Waals surface area contributed by atoms with E-state index in [9.17, 15) is 8.42 Å². The molecule has 1 aromatic rings. The van der Waals surface area contributed by atoms with Gasteiger partial charge in [-0.3, -0.25) is 4.98 Å². The fourth-order valence-corrected chi connectivity index (χ4v) is 2.96. The maximum Gasteiger partial charge on any atom is 0.217 e. The minimum atomic E-state index is -3.34. The number of hydrogen-bond acceptors (Lipinski definition) is 3. The van der Waals surface area contributed by atoms with Gasteiger partial charge in [-0.2, -0.15) is 4.31 Å². The van der Waals surface area contributed by atoms with Crippen molar-refractivity contribution in [2.75, 3.05) is 12.9 Å². The predicted octanol–water partition coefficient (Wildman–Crippen LogP) is 1.78. The van der Waals surface area contributed by atoms with Crippen LogP contribution in [0.2, 0.25) is 0 Å². The molecule has 0 aliphatic carbocycles. The molecule has 0 radical (unpaired) electrons. The second-order valence-electron chi connectivity index (χ2n) is 4.04. The van der Waals surface area contributed by atoms with Crippen molar-refractivity contribution < 1.29 is 8.42 Å². The third-order valence-corrected chi connectivity index (χ3v) is 5.32. The fraction of sp³-hybridized carbons (Fsp3) is 0.545. The third kappa shape index (κ3) is 3.66. The number of halogens is 1. The van der Waals surface area contributed by atoms with E-state index in [1.807, 2.05) is 25.1 Å². The Labute approximate surface area is 108 Å². The average Bonchev–Trinajstić information content (AvgIpc) is 2.27. The zero-order chi connectivity index (χ0) is 13.1. The molecule has 1 rings (SSSR count). The van der Waals surface area contributed by atoms with Crippen molar-refractivity contribution in [1.29, 1.82) is 0 Å². The number of pyridine rings is 1. The summed E-state index contributed by atoms with van der Waals surface area (Å²) >= 11 is 5.59. The fourth-order valence-electron chi connectivity index (χ4n) is 1.39. The van der Waals surface area contributed by atoms with Crippen LogP contribution in [0, 0.1) is 6.92 Å². The van der Waals surface area contributed by atoms with Gasteiger partial charge in [-0.15, -0.1) is 11.6 Å². The lowest BCUT2D eigenvalue weighted by Gasteiger charge is -2.20. The zero-order valence-electron chi connectivity index (χ0n) is 10.2. The van der Waals surface area contributed by atoms with Crippen LogP contribution in [0.1, 0.15) is 18.3 Å². The minimum Gasteiger partial charge on any atom is -0.257 e. The standard InChI is InChI=1S/C11H17ClN2O2S/c1-9-5-4-6-11(13-9)8-14(3)17(15,16)10(2)7-12/h4-6,10H,7-8H2,1-3H3. The van der Waals surface area contributed by atoms with E-state index in [2.05, 4.69) is 4.98 Å². The summed E-state index contributed by atoms with van der Waals surface area (Å²) in [4.78, 5) is 4.27. The van der Waals surface area contributed by atoms with Crippen LogP contribution in [0.5, 0.6) is 0 Å². The normalized spacial score (nSPS) is 13.9. The summed E-state index contributed by atoms with van der Waals surface area (Å²) in [6.07, 6.45) is 0. The number of rotatable bonds is 5. The molecule has 0 fully saturated rings. The van der Waals surface area contributed by atoms with Crippen LogP contribution < -0.4 is 0 Å². The molecule has 0 aliphatic rings. The van der Waals surface area contributed by atoms with Crippen molar-refractivity contribution in [3.63, 3.8) is 0 Å². The van der Waals surface area contributed by atoms with E-state index in [4.69, 9.17) is 11.6 Å². The summed E-state index contributed by atoms with van der Waals surface area (Å²) in [5.74, 6) is 0.0912. The molecular formula is C11H17ClN2O2S. The Morgan fingerprint density at radius 2 is 2.12 bits per heavy atom. The van der Waals surface area contributed by atoms with E-state index in [0.717, 1.165) is 11.4 Å². The summed E-state index contributed by atoms with van der Waals surface area (Å²) in [6, 6.07) is 5.55. The third-order valence-electron chi connectivity index (χ3n) is 2.49. The summed E-state index contributed by atoms with van der Waals surface area (Å²) in [7, 11) is -1.79. The van der Waals surface area contributed by atoms with Crippen LogP contribution in [0.3, 0.4) is 0 Å². The number of sulfonamides is 1. The van der Waals surface area contributed by atoms with Gasteiger partial charge in [0.15, 0.2) is 0 Å². The Hall–Kier alpha value is -0.650. The van der Waals surface area contributed by atoms with Crippen molar-refractivity contribution in [1.82, 2.24) is 9.29 Å². The average molecular weight is 277 g/mol. The first-order chi connectivity index (χ1) is 7.87. The molecule has 17 heavy (non-hydrogen) atoms. The Balaban J connectivity index is 2.83. The molecule has 0 spiro atoms. The van der Waals surface area contributed by atoms with Crippen molar-refractivity contribution in [2.45, 2.75) is 25.6 Å². The Bertz CT molecular complexity index is 476. The van der Waals surface area contributed by atoms with Gasteiger partial charge in [0.05, 0.1) is 17.5 Å². The second kappa shape index (κ2) is 5.80. The molecule has 6 heteroatoms. The summed E-state index contributed by atoms with van der Waals surface area (Å²) in [5, 5.41) is -0.584. The molecule has 1 aromatic heterocycles. The molecule has 0 bridgehead atoms. The van der Waals surface area contributed by atoms with Crippen LogP contribution in [-0.4, -0.2) is 35.9 Å². The van der Waals surface area contributed by atoms with Crippen molar-refractivity contribution in [2.24, 2.45) is 0 Å². The van der Waals surface area contributed by atoms with Gasteiger partial charge >= 0.3 is 0 Å². The quantitative estimate of drug-likeness (QED) is 0.771. The van der Waals surface area contributed by atoms with Gasteiger partial charge in [0, 0.05) is 18.6 Å². The van der Waals surface area contributed by atoms with Gasteiger partial charge in [-0.25, -0.2) is 8.42 Å². The van der Waals surface area contributed by atoms with E-state index >= 15 is 0 Å². The number of aryl methyl sites for hydroxylation is 1. The highest BCUT2D eigenvalue weighted by Crippen LogP contribution is 2.12. The molecule has 1 unspecified atom stereocenters. The first kappa shape index (κ1) is 14.4. The van der Waals surface area contributed by atoms with Gasteiger partial charge in [0.2, 0.25) is 10.0 Å². The molecular weight excluding hydrogens is 260 g/mol. The first-order valence-electron chi connectivity index (χ1n) is 5.31. The molecule has 1 heterocycles. The van der Waals surface area contributed by atoms with E-state index in [1.165, 1.54) is 4.31 Å². The minimum absolute atomic E-state index is 0.0912. The highest BCUT2D eigenvalue weighted by atomic mass is 35.5. The van der Waals surface area contributed by atoms with Crippen LogP contribution in [0.15, 0.2) is 18.2 Å². The van der Waals surface area contributed by atoms with Gasteiger partial charge in [0.1, 0.15) is 0 Å². The zero-order valence-corrected chi connectivity index (χ0v) is 11.8. The summed E-state index contributed by atoms with van der Waals surface area (Å²) < 4.78 is 25.2. The van der Waals surface area contributed by atoms with Gasteiger partial charge in [0.25, 0.3) is 0 Å². The van der Waals surface area contributed by atoms with Crippen molar-refractivity contribution in [3.8, 4) is 0 Å². The molecule has 0 amide bonds. The van der Waals surface area contributed by atoms with Crippen LogP contribution >= 0.6 is 11.6 Å². The highest BCUT2D eigenvalue weighted by molar-refractivity contribution is 7.89. The van der Waals surface area contributed by atoms with Crippen LogP contribution in [0.25, 0.3) is 0 Å². The van der Waals surface area contributed by atoms with Gasteiger partial charge in [-0.05, 0) is 26.0 Å². The number of hydrogen-bond donors (Lipinski definition) is 0. The number of aromatic nitrogens is 1. The van der Waals surface area contributed by atoms with Crippen LogP contribution in [-0.2, 0) is 16.6 Å². The van der Waals surface area contributed by atoms with E-state index < -0.39 is 15.3 Å². The molecule has 96 valence electrons. The molecule has 0 saturated heterocycles. The van der Waals surface area contributed by atoms with E-state index in [-0.39, 0.29) is 12.4 Å². The second-order valence-corrected chi connectivity index (χ2v) is 6.80. The number of nitrogens with zero attached hydrogens (tertiary/aromatic N) is 2. The molecule has 4 nitrogen and oxygen atoms in total. The largest absolute Gasteiger partial charge is 0.257 e. The summed E-state index contributed by atoms with van der Waals surface area (Å²) in [6.45, 7) is 3.74. The highest BCUT2D eigenvalue weighted by Gasteiger charge is 2.25. The number of alkyl halides is 1. The SMILES string of the molecule is Cc1cccc(CN(C)S(=O)(=O)C(C)CCl)n1. The van der Waals surface area contributed by atoms with Crippen molar-refractivity contribution in [3.05, 3.63) is 29.6 Å². The monoisotopic (exact) mass is 276 g/mol. The van der Waals surface area contributed by atoms with Crippen molar-refractivity contribution >= 4 is 21.6 Å². The molecule has 1 atom stereocenters. The Morgan fingerprint density at radius 1 is 1.47 bits per heavy atom. The maximum absolute atomic E-state index is 12.0. The lowest BCUT2D eigenvalue weighted by atomic mass is 10.3. The smallest absolute Gasteiger partial charge is 0.217 e. The van der Waals surface area contributed by atoms with E-state index in [1.54, 1.807) is 14.0 Å². The first-order valence-corrected chi connectivity index (χ1v) is 7.35. The molecule has 0 aromatic carbocycles.